The van der Waals surface area contributed by atoms with Gasteiger partial charge >= 0.3 is 0 Å². The number of benzene rings is 2. The number of aryl methyl sites for hydroxylation is 1. The van der Waals surface area contributed by atoms with Crippen molar-refractivity contribution >= 4 is 22.2 Å². The molecule has 3 heteroatoms. The van der Waals surface area contributed by atoms with Crippen LogP contribution >= 0.6 is 0 Å². The van der Waals surface area contributed by atoms with Crippen LogP contribution in [0.2, 0.25) is 0 Å². The smallest absolute Gasteiger partial charge is 0.147 e. The maximum Gasteiger partial charge on any atom is 0.147 e. The lowest BCUT2D eigenvalue weighted by molar-refractivity contribution is 1.21. The highest BCUT2D eigenvalue weighted by atomic mass is 15.1. The molecule has 4 aromatic rings. The first-order valence-corrected chi connectivity index (χ1v) is 7.80. The molecule has 0 spiro atoms. The molecule has 0 radical (unpaired) electrons. The molecular formula is C20H19N3. The Morgan fingerprint density at radius 1 is 0.913 bits per heavy atom. The maximum atomic E-state index is 6.42. The van der Waals surface area contributed by atoms with Crippen molar-refractivity contribution in [2.75, 3.05) is 5.73 Å². The number of rotatable bonds is 1. The van der Waals surface area contributed by atoms with Crippen molar-refractivity contribution in [2.45, 2.75) is 20.8 Å². The summed E-state index contributed by atoms with van der Waals surface area (Å²) in [5.41, 5.74) is 13.1. The Labute approximate surface area is 135 Å². The number of nitrogen functional groups attached to an aromatic ring is 1. The van der Waals surface area contributed by atoms with Crippen LogP contribution in [-0.4, -0.2) is 9.38 Å². The van der Waals surface area contributed by atoms with Gasteiger partial charge in [-0.1, -0.05) is 36.4 Å². The van der Waals surface area contributed by atoms with Gasteiger partial charge in [0.2, 0.25) is 0 Å². The molecule has 0 aliphatic heterocycles. The predicted molar refractivity (Wildman–Crippen MR) is 96.8 cm³/mol. The van der Waals surface area contributed by atoms with Gasteiger partial charge in [-0.05, 0) is 48.9 Å². The molecule has 0 unspecified atom stereocenters. The molecule has 2 aromatic carbocycles. The minimum atomic E-state index is 0.692. The van der Waals surface area contributed by atoms with Gasteiger partial charge in [-0.3, -0.25) is 4.40 Å². The van der Waals surface area contributed by atoms with E-state index >= 15 is 0 Å². The van der Waals surface area contributed by atoms with E-state index in [0.717, 1.165) is 22.3 Å². The third-order valence-electron chi connectivity index (χ3n) is 4.87. The summed E-state index contributed by atoms with van der Waals surface area (Å²) in [4.78, 5) is 4.88. The Kier molecular flexibility index (Phi) is 2.91. The van der Waals surface area contributed by atoms with Gasteiger partial charge in [0.25, 0.3) is 0 Å². The summed E-state index contributed by atoms with van der Waals surface area (Å²) in [6, 6.07) is 14.6. The van der Waals surface area contributed by atoms with Crippen molar-refractivity contribution in [1.29, 1.82) is 0 Å². The van der Waals surface area contributed by atoms with E-state index in [1.807, 2.05) is 22.7 Å². The fraction of sp³-hybridized carbons (Fsp3) is 0.150. The van der Waals surface area contributed by atoms with Gasteiger partial charge in [-0.15, -0.1) is 0 Å². The number of fused-ring (bicyclic) bond motifs is 3. The van der Waals surface area contributed by atoms with E-state index < -0.39 is 0 Å². The van der Waals surface area contributed by atoms with Gasteiger partial charge < -0.3 is 5.73 Å². The van der Waals surface area contributed by atoms with Crippen molar-refractivity contribution in [2.24, 2.45) is 0 Å². The van der Waals surface area contributed by atoms with Crippen LogP contribution < -0.4 is 5.73 Å². The van der Waals surface area contributed by atoms with Crippen LogP contribution in [0.15, 0.2) is 48.7 Å². The summed E-state index contributed by atoms with van der Waals surface area (Å²) in [5.74, 6) is 0.692. The molecule has 4 rings (SSSR count). The molecule has 0 saturated carbocycles. The molecule has 2 heterocycles. The topological polar surface area (TPSA) is 43.3 Å². The van der Waals surface area contributed by atoms with Crippen molar-refractivity contribution in [3.8, 4) is 11.3 Å². The Bertz CT molecular complexity index is 1060. The number of hydrogen-bond donors (Lipinski definition) is 1. The highest BCUT2D eigenvalue weighted by Gasteiger charge is 2.16. The number of anilines is 1. The monoisotopic (exact) mass is 301 g/mol. The van der Waals surface area contributed by atoms with Gasteiger partial charge in [0.15, 0.2) is 0 Å². The minimum absolute atomic E-state index is 0.692. The summed E-state index contributed by atoms with van der Waals surface area (Å²) in [7, 11) is 0. The zero-order chi connectivity index (χ0) is 16.1. The van der Waals surface area contributed by atoms with Crippen LogP contribution in [-0.2, 0) is 0 Å². The average Bonchev–Trinajstić information content (AvgIpc) is 2.90. The SMILES string of the molecule is Cc1ccc(-c2nc3c4ccccc4ccn3c2N)c(C)c1C. The normalized spacial score (nSPS) is 11.4. The van der Waals surface area contributed by atoms with Gasteiger partial charge in [0.05, 0.1) is 0 Å². The largest absolute Gasteiger partial charge is 0.383 e. The van der Waals surface area contributed by atoms with E-state index in [9.17, 15) is 0 Å². The second-order valence-corrected chi connectivity index (χ2v) is 6.12. The third-order valence-corrected chi connectivity index (χ3v) is 4.87. The van der Waals surface area contributed by atoms with Crippen molar-refractivity contribution < 1.29 is 0 Å². The predicted octanol–water partition coefficient (Wildman–Crippen LogP) is 4.66. The van der Waals surface area contributed by atoms with E-state index in [0.29, 0.717) is 5.82 Å². The molecule has 2 N–H and O–H groups in total. The Morgan fingerprint density at radius 2 is 1.70 bits per heavy atom. The zero-order valence-corrected chi connectivity index (χ0v) is 13.6. The van der Waals surface area contributed by atoms with E-state index in [1.54, 1.807) is 0 Å². The van der Waals surface area contributed by atoms with Gasteiger partial charge in [-0.25, -0.2) is 4.98 Å². The molecule has 0 aliphatic rings. The lowest BCUT2D eigenvalue weighted by atomic mass is 9.97. The second-order valence-electron chi connectivity index (χ2n) is 6.12. The third kappa shape index (κ3) is 1.93. The summed E-state index contributed by atoms with van der Waals surface area (Å²) in [5, 5.41) is 2.29. The summed E-state index contributed by atoms with van der Waals surface area (Å²) in [6.07, 6.45) is 2.00. The fourth-order valence-electron chi connectivity index (χ4n) is 3.20. The van der Waals surface area contributed by atoms with Gasteiger partial charge in [-0.2, -0.15) is 0 Å². The van der Waals surface area contributed by atoms with Crippen molar-refractivity contribution in [1.82, 2.24) is 9.38 Å². The molecule has 23 heavy (non-hydrogen) atoms. The van der Waals surface area contributed by atoms with Crippen LogP contribution in [0.1, 0.15) is 16.7 Å². The summed E-state index contributed by atoms with van der Waals surface area (Å²) in [6.45, 7) is 6.42. The van der Waals surface area contributed by atoms with Crippen LogP contribution in [0, 0.1) is 20.8 Å². The second kappa shape index (κ2) is 4.85. The summed E-state index contributed by atoms with van der Waals surface area (Å²) < 4.78 is 1.98. The van der Waals surface area contributed by atoms with Crippen LogP contribution in [0.3, 0.4) is 0 Å². The quantitative estimate of drug-likeness (QED) is 0.555. The molecule has 3 nitrogen and oxygen atoms in total. The van der Waals surface area contributed by atoms with Crippen molar-refractivity contribution in [3.05, 3.63) is 65.4 Å². The number of aromatic nitrogens is 2. The number of pyridine rings is 1. The molecule has 2 aromatic heterocycles. The highest BCUT2D eigenvalue weighted by molar-refractivity contribution is 5.96. The first-order valence-electron chi connectivity index (χ1n) is 7.80. The van der Waals surface area contributed by atoms with E-state index in [4.69, 9.17) is 10.7 Å². The molecule has 0 atom stereocenters. The fourth-order valence-corrected chi connectivity index (χ4v) is 3.20. The number of nitrogens with zero attached hydrogens (tertiary/aromatic N) is 2. The highest BCUT2D eigenvalue weighted by Crippen LogP contribution is 2.33. The molecule has 0 bridgehead atoms. The zero-order valence-electron chi connectivity index (χ0n) is 13.6. The van der Waals surface area contributed by atoms with Crippen molar-refractivity contribution in [3.63, 3.8) is 0 Å². The molecule has 114 valence electrons. The Hall–Kier alpha value is -2.81. The van der Waals surface area contributed by atoms with Crippen LogP contribution in [0.5, 0.6) is 0 Å². The van der Waals surface area contributed by atoms with Crippen LogP contribution in [0.4, 0.5) is 5.82 Å². The molecule has 0 fully saturated rings. The van der Waals surface area contributed by atoms with Gasteiger partial charge in [0, 0.05) is 17.1 Å². The van der Waals surface area contributed by atoms with E-state index in [-0.39, 0.29) is 0 Å². The number of hydrogen-bond acceptors (Lipinski definition) is 2. The molecule has 0 aliphatic carbocycles. The van der Waals surface area contributed by atoms with E-state index in [1.165, 1.54) is 22.1 Å². The Balaban J connectivity index is 2.07. The Morgan fingerprint density at radius 3 is 2.52 bits per heavy atom. The van der Waals surface area contributed by atoms with Crippen LogP contribution in [0.25, 0.3) is 27.7 Å². The number of imidazole rings is 1. The van der Waals surface area contributed by atoms with E-state index in [2.05, 4.69) is 51.1 Å². The first kappa shape index (κ1) is 13.8. The minimum Gasteiger partial charge on any atom is -0.383 e. The number of nitrogens with two attached hydrogens (primary N) is 1. The first-order chi connectivity index (χ1) is 11.1. The maximum absolute atomic E-state index is 6.42. The lowest BCUT2D eigenvalue weighted by Crippen LogP contribution is -1.96. The standard InChI is InChI=1S/C20H19N3/c1-12-8-9-16(14(3)13(12)2)18-19(21)23-11-10-15-6-4-5-7-17(15)20(23)22-18/h4-11H,21H2,1-3H3. The lowest BCUT2D eigenvalue weighted by Gasteiger charge is -2.10. The average molecular weight is 301 g/mol. The molecular weight excluding hydrogens is 282 g/mol. The summed E-state index contributed by atoms with van der Waals surface area (Å²) >= 11 is 0. The molecule has 0 amide bonds. The molecule has 0 saturated heterocycles. The van der Waals surface area contributed by atoms with Gasteiger partial charge in [0.1, 0.15) is 17.2 Å².